The first-order chi connectivity index (χ1) is 12.7. The topological polar surface area (TPSA) is 63.4 Å². The molecular formula is C19H21F3N2O2S. The van der Waals surface area contributed by atoms with Gasteiger partial charge in [0, 0.05) is 19.0 Å². The minimum absolute atomic E-state index is 0.0659. The summed E-state index contributed by atoms with van der Waals surface area (Å²) in [6.45, 7) is 0.750. The summed E-state index contributed by atoms with van der Waals surface area (Å²) in [6.07, 6.45) is -4.59. The lowest BCUT2D eigenvalue weighted by Gasteiger charge is -2.19. The van der Waals surface area contributed by atoms with Crippen LogP contribution in [0.15, 0.2) is 54.6 Å². The molecule has 0 aromatic heterocycles. The van der Waals surface area contributed by atoms with Crippen molar-refractivity contribution in [3.05, 3.63) is 71.3 Å². The quantitative estimate of drug-likeness (QED) is 0.841. The molecule has 2 N–H and O–H groups in total. The molecule has 8 heteroatoms. The molecule has 3 rings (SSSR count). The van der Waals surface area contributed by atoms with Crippen LogP contribution in [0.25, 0.3) is 0 Å². The maximum absolute atomic E-state index is 13.2. The monoisotopic (exact) mass is 398 g/mol. The van der Waals surface area contributed by atoms with Gasteiger partial charge in [0.25, 0.3) is 0 Å². The van der Waals surface area contributed by atoms with Gasteiger partial charge in [0.05, 0.1) is 11.3 Å². The van der Waals surface area contributed by atoms with Gasteiger partial charge in [-0.1, -0.05) is 48.5 Å². The average molecular weight is 398 g/mol. The second kappa shape index (κ2) is 7.61. The summed E-state index contributed by atoms with van der Waals surface area (Å²) >= 11 is 0. The number of nitrogens with two attached hydrogens (primary N) is 1. The summed E-state index contributed by atoms with van der Waals surface area (Å²) in [5.41, 5.74) is 5.67. The Bertz CT molecular complexity index is 885. The molecule has 0 aliphatic carbocycles. The lowest BCUT2D eigenvalue weighted by molar-refractivity contribution is -0.138. The zero-order valence-electron chi connectivity index (χ0n) is 14.6. The van der Waals surface area contributed by atoms with E-state index < -0.39 is 27.5 Å². The highest BCUT2D eigenvalue weighted by Gasteiger charge is 2.40. The number of nitrogens with zero attached hydrogens (tertiary/aromatic N) is 1. The Morgan fingerprint density at radius 2 is 1.63 bits per heavy atom. The molecule has 1 fully saturated rings. The predicted octanol–water partition coefficient (Wildman–Crippen LogP) is 3.21. The molecule has 0 amide bonds. The number of benzene rings is 2. The van der Waals surface area contributed by atoms with Gasteiger partial charge in [0.2, 0.25) is 10.0 Å². The van der Waals surface area contributed by atoms with Gasteiger partial charge in [0.15, 0.2) is 0 Å². The van der Waals surface area contributed by atoms with Crippen molar-refractivity contribution >= 4 is 10.0 Å². The number of hydrogen-bond donors (Lipinski definition) is 1. The summed E-state index contributed by atoms with van der Waals surface area (Å²) in [5.74, 6) is -0.814. The zero-order chi connectivity index (χ0) is 19.7. The molecule has 0 bridgehead atoms. The van der Waals surface area contributed by atoms with Crippen molar-refractivity contribution in [2.75, 3.05) is 19.6 Å². The molecule has 27 heavy (non-hydrogen) atoms. The lowest BCUT2D eigenvalue weighted by atomic mass is 9.89. The van der Waals surface area contributed by atoms with E-state index >= 15 is 0 Å². The fourth-order valence-corrected chi connectivity index (χ4v) is 5.22. The number of rotatable bonds is 5. The van der Waals surface area contributed by atoms with Crippen molar-refractivity contribution in [2.24, 2.45) is 11.7 Å². The molecule has 0 saturated carbocycles. The summed E-state index contributed by atoms with van der Waals surface area (Å²) in [6, 6.07) is 14.3. The Kier molecular flexibility index (Phi) is 5.60. The average Bonchev–Trinajstić information content (AvgIpc) is 3.07. The van der Waals surface area contributed by atoms with Crippen LogP contribution in [0.5, 0.6) is 0 Å². The summed E-state index contributed by atoms with van der Waals surface area (Å²) < 4.78 is 66.5. The zero-order valence-corrected chi connectivity index (χ0v) is 15.4. The Hall–Kier alpha value is -1.90. The van der Waals surface area contributed by atoms with Crippen molar-refractivity contribution in [3.63, 3.8) is 0 Å². The van der Waals surface area contributed by atoms with Gasteiger partial charge in [-0.15, -0.1) is 0 Å². The molecular weight excluding hydrogens is 377 g/mol. The second-order valence-electron chi connectivity index (χ2n) is 6.74. The van der Waals surface area contributed by atoms with E-state index in [1.807, 2.05) is 30.3 Å². The van der Waals surface area contributed by atoms with Crippen molar-refractivity contribution in [1.29, 1.82) is 0 Å². The smallest absolute Gasteiger partial charge is 0.330 e. The minimum Gasteiger partial charge on any atom is -0.330 e. The number of halogens is 3. The first-order valence-electron chi connectivity index (χ1n) is 8.60. The third-order valence-electron chi connectivity index (χ3n) is 4.99. The van der Waals surface area contributed by atoms with Gasteiger partial charge >= 0.3 is 6.18 Å². The fourth-order valence-electron chi connectivity index (χ4n) is 3.59. The van der Waals surface area contributed by atoms with E-state index in [0.717, 1.165) is 11.6 Å². The van der Waals surface area contributed by atoms with Crippen molar-refractivity contribution in [2.45, 2.75) is 17.8 Å². The SMILES string of the molecule is NC[C@@H]1CN(S(=O)(=O)Cc2ccccc2C(F)(F)F)C[C@H]1c1ccccc1. The van der Waals surface area contributed by atoms with E-state index in [9.17, 15) is 21.6 Å². The highest BCUT2D eigenvalue weighted by molar-refractivity contribution is 7.88. The van der Waals surface area contributed by atoms with E-state index in [4.69, 9.17) is 5.73 Å². The second-order valence-corrected chi connectivity index (χ2v) is 8.71. The van der Waals surface area contributed by atoms with Crippen LogP contribution in [0.3, 0.4) is 0 Å². The number of alkyl halides is 3. The first-order valence-corrected chi connectivity index (χ1v) is 10.2. The van der Waals surface area contributed by atoms with Gasteiger partial charge in [0.1, 0.15) is 0 Å². The van der Waals surface area contributed by atoms with Crippen molar-refractivity contribution in [3.8, 4) is 0 Å². The number of sulfonamides is 1. The van der Waals surface area contributed by atoms with Crippen LogP contribution >= 0.6 is 0 Å². The van der Waals surface area contributed by atoms with Gasteiger partial charge < -0.3 is 5.73 Å². The minimum atomic E-state index is -4.59. The van der Waals surface area contributed by atoms with Crippen molar-refractivity contribution in [1.82, 2.24) is 4.31 Å². The molecule has 1 aliphatic rings. The highest BCUT2D eigenvalue weighted by Crippen LogP contribution is 2.36. The molecule has 1 aliphatic heterocycles. The van der Waals surface area contributed by atoms with Crippen molar-refractivity contribution < 1.29 is 21.6 Å². The van der Waals surface area contributed by atoms with Crippen LogP contribution in [-0.4, -0.2) is 32.4 Å². The molecule has 0 radical (unpaired) electrons. The molecule has 0 spiro atoms. The van der Waals surface area contributed by atoms with Crippen LogP contribution in [0.2, 0.25) is 0 Å². The van der Waals surface area contributed by atoms with E-state index in [1.165, 1.54) is 22.5 Å². The third kappa shape index (κ3) is 4.34. The molecule has 4 nitrogen and oxygen atoms in total. The van der Waals surface area contributed by atoms with E-state index in [2.05, 4.69) is 0 Å². The summed E-state index contributed by atoms with van der Waals surface area (Å²) in [7, 11) is -3.90. The first kappa shape index (κ1) is 19.9. The van der Waals surface area contributed by atoms with Gasteiger partial charge in [-0.05, 0) is 29.7 Å². The Labute approximate surface area is 156 Å². The Morgan fingerprint density at radius 3 is 2.26 bits per heavy atom. The van der Waals surface area contributed by atoms with E-state index in [0.29, 0.717) is 6.54 Å². The Balaban J connectivity index is 1.85. The normalized spacial score (nSPS) is 21.5. The molecule has 1 heterocycles. The predicted molar refractivity (Wildman–Crippen MR) is 97.4 cm³/mol. The van der Waals surface area contributed by atoms with E-state index in [1.54, 1.807) is 0 Å². The standard InChI is InChI=1S/C19H21F3N2O2S/c20-19(21,22)18-9-5-4-8-15(18)13-27(25,26)24-11-16(10-23)17(12-24)14-6-2-1-3-7-14/h1-9,16-17H,10-13,23H2/t16-,17+/m1/s1. The van der Waals surface area contributed by atoms with Gasteiger partial charge in [-0.3, -0.25) is 0 Å². The third-order valence-corrected chi connectivity index (χ3v) is 6.75. The summed E-state index contributed by atoms with van der Waals surface area (Å²) in [4.78, 5) is 0. The maximum atomic E-state index is 13.2. The molecule has 146 valence electrons. The van der Waals surface area contributed by atoms with Crippen LogP contribution in [0.1, 0.15) is 22.6 Å². The van der Waals surface area contributed by atoms with Gasteiger partial charge in [-0.2, -0.15) is 13.2 Å². The molecule has 2 atom stereocenters. The molecule has 2 aromatic carbocycles. The Morgan fingerprint density at radius 1 is 1.00 bits per heavy atom. The molecule has 2 aromatic rings. The van der Waals surface area contributed by atoms with Gasteiger partial charge in [-0.25, -0.2) is 12.7 Å². The number of hydrogen-bond acceptors (Lipinski definition) is 3. The largest absolute Gasteiger partial charge is 0.416 e. The molecule has 0 unspecified atom stereocenters. The highest BCUT2D eigenvalue weighted by atomic mass is 32.2. The van der Waals surface area contributed by atoms with Crippen LogP contribution in [0, 0.1) is 5.92 Å². The summed E-state index contributed by atoms with van der Waals surface area (Å²) in [5, 5.41) is 0. The van der Waals surface area contributed by atoms with Crippen LogP contribution in [-0.2, 0) is 22.0 Å². The maximum Gasteiger partial charge on any atom is 0.416 e. The van der Waals surface area contributed by atoms with E-state index in [-0.39, 0.29) is 30.5 Å². The fraction of sp³-hybridized carbons (Fsp3) is 0.368. The lowest BCUT2D eigenvalue weighted by Crippen LogP contribution is -2.31. The van der Waals surface area contributed by atoms with Crippen LogP contribution < -0.4 is 5.73 Å². The van der Waals surface area contributed by atoms with Crippen LogP contribution in [0.4, 0.5) is 13.2 Å². The molecule has 1 saturated heterocycles.